The molecular weight excluding hydrogens is 188 g/mol. The van der Waals surface area contributed by atoms with Gasteiger partial charge in [0.25, 0.3) is 0 Å². The average molecular weight is 208 g/mol. The average Bonchev–Trinajstić information content (AvgIpc) is 2.13. The summed E-state index contributed by atoms with van der Waals surface area (Å²) >= 11 is 0. The Labute approximate surface area is 92.0 Å². The molecule has 0 spiro atoms. The molecule has 15 heavy (non-hydrogen) atoms. The maximum atomic E-state index is 11.5. The van der Waals surface area contributed by atoms with Gasteiger partial charge in [-0.25, -0.2) is 0 Å². The van der Waals surface area contributed by atoms with Crippen LogP contribution >= 0.6 is 0 Å². The second-order valence-corrected chi connectivity index (χ2v) is 4.74. The van der Waals surface area contributed by atoms with Crippen molar-refractivity contribution in [3.05, 3.63) is 24.0 Å². The van der Waals surface area contributed by atoms with E-state index in [1.54, 1.807) is 6.08 Å². The zero-order chi connectivity index (χ0) is 11.5. The third-order valence-electron chi connectivity index (χ3n) is 2.69. The van der Waals surface area contributed by atoms with Crippen molar-refractivity contribution < 1.29 is 9.53 Å². The van der Waals surface area contributed by atoms with Crippen LogP contribution in [0.3, 0.4) is 0 Å². The first-order chi connectivity index (χ1) is 6.97. The van der Waals surface area contributed by atoms with Gasteiger partial charge in [-0.2, -0.15) is 0 Å². The van der Waals surface area contributed by atoms with Gasteiger partial charge < -0.3 is 4.74 Å². The van der Waals surface area contributed by atoms with Gasteiger partial charge in [0.05, 0.1) is 6.61 Å². The van der Waals surface area contributed by atoms with Crippen molar-refractivity contribution >= 4 is 5.78 Å². The van der Waals surface area contributed by atoms with E-state index in [-0.39, 0.29) is 11.2 Å². The van der Waals surface area contributed by atoms with E-state index in [9.17, 15) is 4.79 Å². The molecule has 1 aliphatic rings. The Morgan fingerprint density at radius 3 is 2.80 bits per heavy atom. The summed E-state index contributed by atoms with van der Waals surface area (Å²) in [5, 5.41) is 0. The highest BCUT2D eigenvalue weighted by Gasteiger charge is 2.32. The molecule has 1 aliphatic carbocycles. The fraction of sp³-hybridized carbons (Fsp3) is 0.615. The normalized spacial score (nSPS) is 20.1. The van der Waals surface area contributed by atoms with Crippen molar-refractivity contribution in [3.8, 4) is 0 Å². The van der Waals surface area contributed by atoms with Gasteiger partial charge in [-0.3, -0.25) is 4.79 Å². The Bertz CT molecular complexity index is 298. The van der Waals surface area contributed by atoms with Crippen molar-refractivity contribution in [2.75, 3.05) is 6.61 Å². The SMILES string of the molecule is C=C1CC(C)(C)C(OCCCC)=CC1=O. The fourth-order valence-corrected chi connectivity index (χ4v) is 1.69. The summed E-state index contributed by atoms with van der Waals surface area (Å²) in [7, 11) is 0. The Morgan fingerprint density at radius 1 is 1.53 bits per heavy atom. The summed E-state index contributed by atoms with van der Waals surface area (Å²) < 4.78 is 5.66. The van der Waals surface area contributed by atoms with E-state index in [4.69, 9.17) is 4.74 Å². The van der Waals surface area contributed by atoms with Crippen LogP contribution < -0.4 is 0 Å². The summed E-state index contributed by atoms with van der Waals surface area (Å²) in [6, 6.07) is 0. The smallest absolute Gasteiger partial charge is 0.184 e. The Morgan fingerprint density at radius 2 is 2.20 bits per heavy atom. The van der Waals surface area contributed by atoms with Crippen LogP contribution in [0.25, 0.3) is 0 Å². The van der Waals surface area contributed by atoms with Crippen molar-refractivity contribution in [2.45, 2.75) is 40.0 Å². The van der Waals surface area contributed by atoms with E-state index in [0.29, 0.717) is 18.6 Å². The lowest BCUT2D eigenvalue weighted by molar-refractivity contribution is -0.112. The number of ketones is 1. The zero-order valence-electron chi connectivity index (χ0n) is 9.93. The monoisotopic (exact) mass is 208 g/mol. The lowest BCUT2D eigenvalue weighted by Crippen LogP contribution is -2.25. The Balaban J connectivity index is 2.71. The molecule has 2 heteroatoms. The lowest BCUT2D eigenvalue weighted by Gasteiger charge is -2.31. The predicted octanol–water partition coefficient (Wildman–Crippen LogP) is 3.24. The number of carbonyl (C=O) groups is 1. The third-order valence-corrected chi connectivity index (χ3v) is 2.69. The Hall–Kier alpha value is -1.05. The standard InChI is InChI=1S/C13H20O2/c1-5-6-7-15-12-8-11(14)10(2)9-13(12,3)4/h8H,2,5-7,9H2,1,3-4H3. The van der Waals surface area contributed by atoms with Crippen molar-refractivity contribution in [1.29, 1.82) is 0 Å². The molecule has 0 atom stereocenters. The van der Waals surface area contributed by atoms with Gasteiger partial charge in [0.15, 0.2) is 5.78 Å². The number of allylic oxidation sites excluding steroid dienone is 3. The number of rotatable bonds is 4. The highest BCUT2D eigenvalue weighted by Crippen LogP contribution is 2.37. The highest BCUT2D eigenvalue weighted by atomic mass is 16.5. The summed E-state index contributed by atoms with van der Waals surface area (Å²) in [5.74, 6) is 0.828. The van der Waals surface area contributed by atoms with Gasteiger partial charge in [-0.05, 0) is 18.4 Å². The molecule has 0 unspecified atom stereocenters. The maximum absolute atomic E-state index is 11.5. The van der Waals surface area contributed by atoms with Gasteiger partial charge in [0, 0.05) is 11.5 Å². The van der Waals surface area contributed by atoms with E-state index in [0.717, 1.165) is 18.6 Å². The minimum absolute atomic E-state index is 0.0147. The lowest BCUT2D eigenvalue weighted by atomic mass is 9.78. The molecule has 0 N–H and O–H groups in total. The van der Waals surface area contributed by atoms with Gasteiger partial charge in [0.2, 0.25) is 0 Å². The van der Waals surface area contributed by atoms with Gasteiger partial charge in [-0.15, -0.1) is 0 Å². The molecule has 0 bridgehead atoms. The van der Waals surface area contributed by atoms with Crippen molar-refractivity contribution in [2.24, 2.45) is 5.41 Å². The molecule has 0 amide bonds. The molecule has 1 rings (SSSR count). The van der Waals surface area contributed by atoms with Crippen LogP contribution in [0.5, 0.6) is 0 Å². The predicted molar refractivity (Wildman–Crippen MR) is 61.5 cm³/mol. The third kappa shape index (κ3) is 2.95. The Kier molecular flexibility index (Phi) is 3.72. The molecule has 0 aliphatic heterocycles. The fourth-order valence-electron chi connectivity index (χ4n) is 1.69. The molecule has 2 nitrogen and oxygen atoms in total. The largest absolute Gasteiger partial charge is 0.497 e. The molecule has 84 valence electrons. The highest BCUT2D eigenvalue weighted by molar-refractivity contribution is 6.04. The van der Waals surface area contributed by atoms with E-state index in [1.165, 1.54) is 0 Å². The maximum Gasteiger partial charge on any atom is 0.184 e. The summed E-state index contributed by atoms with van der Waals surface area (Å²) in [4.78, 5) is 11.5. The second-order valence-electron chi connectivity index (χ2n) is 4.74. The molecule has 0 aromatic heterocycles. The zero-order valence-corrected chi connectivity index (χ0v) is 9.93. The number of unbranched alkanes of at least 4 members (excludes halogenated alkanes) is 1. The molecule has 0 aromatic rings. The second kappa shape index (κ2) is 4.65. The summed E-state index contributed by atoms with van der Waals surface area (Å²) in [6.07, 6.45) is 4.43. The van der Waals surface area contributed by atoms with Crippen LogP contribution in [0.15, 0.2) is 24.0 Å². The number of hydrogen-bond acceptors (Lipinski definition) is 2. The van der Waals surface area contributed by atoms with E-state index >= 15 is 0 Å². The minimum Gasteiger partial charge on any atom is -0.497 e. The van der Waals surface area contributed by atoms with Crippen molar-refractivity contribution in [3.63, 3.8) is 0 Å². The molecule has 0 heterocycles. The number of ether oxygens (including phenoxy) is 1. The molecule has 0 aromatic carbocycles. The molecule has 0 saturated heterocycles. The van der Waals surface area contributed by atoms with Crippen LogP contribution in [0, 0.1) is 5.41 Å². The van der Waals surface area contributed by atoms with E-state index in [1.807, 2.05) is 0 Å². The first-order valence-electron chi connectivity index (χ1n) is 5.54. The summed E-state index contributed by atoms with van der Waals surface area (Å²) in [5.41, 5.74) is 0.599. The van der Waals surface area contributed by atoms with Crippen LogP contribution in [0.1, 0.15) is 40.0 Å². The van der Waals surface area contributed by atoms with E-state index < -0.39 is 0 Å². The topological polar surface area (TPSA) is 26.3 Å². The minimum atomic E-state index is -0.0846. The molecular formula is C13H20O2. The molecule has 0 radical (unpaired) electrons. The van der Waals surface area contributed by atoms with Crippen LogP contribution in [-0.4, -0.2) is 12.4 Å². The van der Waals surface area contributed by atoms with E-state index in [2.05, 4.69) is 27.4 Å². The first-order valence-corrected chi connectivity index (χ1v) is 5.54. The van der Waals surface area contributed by atoms with Gasteiger partial charge in [-0.1, -0.05) is 33.8 Å². The number of carbonyl (C=O) groups excluding carboxylic acids is 1. The van der Waals surface area contributed by atoms with Crippen LogP contribution in [-0.2, 0) is 9.53 Å². The summed E-state index contributed by atoms with van der Waals surface area (Å²) in [6.45, 7) is 10.8. The molecule has 0 fully saturated rings. The first kappa shape index (κ1) is 12.0. The van der Waals surface area contributed by atoms with Crippen molar-refractivity contribution in [1.82, 2.24) is 0 Å². The quantitative estimate of drug-likeness (QED) is 0.523. The van der Waals surface area contributed by atoms with Gasteiger partial charge in [0.1, 0.15) is 5.76 Å². The van der Waals surface area contributed by atoms with Crippen LogP contribution in [0.2, 0.25) is 0 Å². The molecule has 0 saturated carbocycles. The van der Waals surface area contributed by atoms with Gasteiger partial charge >= 0.3 is 0 Å². The number of hydrogen-bond donors (Lipinski definition) is 0. The van der Waals surface area contributed by atoms with Crippen LogP contribution in [0.4, 0.5) is 0 Å².